The van der Waals surface area contributed by atoms with Gasteiger partial charge in [-0.1, -0.05) is 24.1 Å². The van der Waals surface area contributed by atoms with E-state index < -0.39 is 0 Å². The average Bonchev–Trinajstić information content (AvgIpc) is 3.00. The molecule has 1 aliphatic carbocycles. The Hall–Kier alpha value is -2.86. The van der Waals surface area contributed by atoms with Crippen LogP contribution in [0.2, 0.25) is 5.02 Å². The summed E-state index contributed by atoms with van der Waals surface area (Å²) in [6.45, 7) is -0.125. The normalized spacial score (nSPS) is 14.0. The molecule has 4 rings (SSSR count). The molecule has 0 radical (unpaired) electrons. The monoisotopic (exact) mass is 382 g/mol. The second-order valence-corrected chi connectivity index (χ2v) is 7.16. The van der Waals surface area contributed by atoms with Gasteiger partial charge in [-0.05, 0) is 49.2 Å². The minimum atomic E-state index is -0.346. The predicted octanol–water partition coefficient (Wildman–Crippen LogP) is 3.85. The number of halogens is 1. The summed E-state index contributed by atoms with van der Waals surface area (Å²) >= 11 is 5.87. The van der Waals surface area contributed by atoms with Gasteiger partial charge in [0.05, 0.1) is 17.6 Å². The molecule has 2 amide bonds. The first-order valence-corrected chi connectivity index (χ1v) is 9.29. The van der Waals surface area contributed by atoms with Crippen LogP contribution in [-0.4, -0.2) is 28.3 Å². The minimum absolute atomic E-state index is 0.125. The van der Waals surface area contributed by atoms with Gasteiger partial charge < -0.3 is 15.6 Å². The molecule has 0 saturated heterocycles. The van der Waals surface area contributed by atoms with E-state index in [0.717, 1.165) is 16.9 Å². The summed E-state index contributed by atoms with van der Waals surface area (Å²) in [6.07, 6.45) is 3.61. The fourth-order valence-electron chi connectivity index (χ4n) is 3.08. The Labute approximate surface area is 161 Å². The molecule has 1 heterocycles. The fraction of sp³-hybridized carbons (Fsp3) is 0.250. The van der Waals surface area contributed by atoms with Crippen LogP contribution in [0.1, 0.15) is 41.4 Å². The number of carbonyl (C=O) groups excluding carboxylic acids is 2. The number of nitrogens with one attached hydrogen (secondary N) is 3. The van der Waals surface area contributed by atoms with Gasteiger partial charge in [0.1, 0.15) is 5.82 Å². The molecule has 6 nitrogen and oxygen atoms in total. The molecule has 27 heavy (non-hydrogen) atoms. The van der Waals surface area contributed by atoms with Crippen LogP contribution in [0.15, 0.2) is 42.5 Å². The number of H-pyrrole nitrogens is 1. The largest absolute Gasteiger partial charge is 0.343 e. The maximum absolute atomic E-state index is 12.1. The molecular weight excluding hydrogens is 364 g/mol. The predicted molar refractivity (Wildman–Crippen MR) is 105 cm³/mol. The first-order valence-electron chi connectivity index (χ1n) is 8.92. The number of imidazole rings is 1. The molecule has 138 valence electrons. The van der Waals surface area contributed by atoms with Gasteiger partial charge in [-0.2, -0.15) is 0 Å². The highest BCUT2D eigenvalue weighted by molar-refractivity contribution is 6.31. The zero-order chi connectivity index (χ0) is 18.8. The number of aromatic nitrogens is 2. The van der Waals surface area contributed by atoms with Crippen molar-refractivity contribution >= 4 is 40.1 Å². The lowest BCUT2D eigenvalue weighted by molar-refractivity contribution is -0.115. The van der Waals surface area contributed by atoms with E-state index in [9.17, 15) is 9.59 Å². The number of anilines is 1. The van der Waals surface area contributed by atoms with E-state index in [0.29, 0.717) is 22.2 Å². The van der Waals surface area contributed by atoms with Gasteiger partial charge in [0.2, 0.25) is 5.91 Å². The van der Waals surface area contributed by atoms with Crippen molar-refractivity contribution in [3.05, 3.63) is 58.9 Å². The molecule has 0 atom stereocenters. The number of fused-ring (bicyclic) bond motifs is 1. The number of amides is 2. The number of rotatable bonds is 5. The maximum Gasteiger partial charge on any atom is 0.251 e. The minimum Gasteiger partial charge on any atom is -0.343 e. The van der Waals surface area contributed by atoms with E-state index >= 15 is 0 Å². The quantitative estimate of drug-likeness (QED) is 0.626. The molecule has 0 aliphatic heterocycles. The molecule has 1 fully saturated rings. The molecule has 0 unspecified atom stereocenters. The average molecular weight is 383 g/mol. The van der Waals surface area contributed by atoms with E-state index in [4.69, 9.17) is 11.6 Å². The van der Waals surface area contributed by atoms with Crippen molar-refractivity contribution in [2.24, 2.45) is 0 Å². The van der Waals surface area contributed by atoms with Crippen LogP contribution in [0.25, 0.3) is 11.0 Å². The highest BCUT2D eigenvalue weighted by Gasteiger charge is 2.22. The number of aromatic amines is 1. The highest BCUT2D eigenvalue weighted by Crippen LogP contribution is 2.35. The van der Waals surface area contributed by atoms with E-state index in [1.807, 2.05) is 18.2 Å². The molecule has 1 aliphatic rings. The summed E-state index contributed by atoms with van der Waals surface area (Å²) in [5.41, 5.74) is 2.87. The van der Waals surface area contributed by atoms with Crippen LogP contribution in [-0.2, 0) is 4.79 Å². The summed E-state index contributed by atoms with van der Waals surface area (Å²) < 4.78 is 0. The standard InChI is InChI=1S/C20H19ClN4O2/c21-14-6-2-5-13(9-14)20(27)22-11-18(26)23-15-7-8-16-17(10-15)25-19(24-16)12-3-1-4-12/h2,5-10,12H,1,3-4,11H2,(H,22,27)(H,23,26)(H,24,25). The lowest BCUT2D eigenvalue weighted by Crippen LogP contribution is -2.32. The third kappa shape index (κ3) is 3.95. The van der Waals surface area contributed by atoms with Crippen molar-refractivity contribution in [3.8, 4) is 0 Å². The lowest BCUT2D eigenvalue weighted by Gasteiger charge is -2.22. The molecule has 3 N–H and O–H groups in total. The Morgan fingerprint density at radius 3 is 2.78 bits per heavy atom. The zero-order valence-corrected chi connectivity index (χ0v) is 15.3. The van der Waals surface area contributed by atoms with Gasteiger partial charge in [0, 0.05) is 22.2 Å². The number of hydrogen-bond acceptors (Lipinski definition) is 3. The number of carbonyl (C=O) groups is 2. The van der Waals surface area contributed by atoms with Gasteiger partial charge in [0.25, 0.3) is 5.91 Å². The van der Waals surface area contributed by atoms with Gasteiger partial charge in [-0.15, -0.1) is 0 Å². The Bertz CT molecular complexity index is 1010. The Morgan fingerprint density at radius 1 is 1.19 bits per heavy atom. The van der Waals surface area contributed by atoms with E-state index in [2.05, 4.69) is 20.6 Å². The summed E-state index contributed by atoms with van der Waals surface area (Å²) in [6, 6.07) is 12.1. The molecule has 0 spiro atoms. The smallest absolute Gasteiger partial charge is 0.251 e. The number of hydrogen-bond donors (Lipinski definition) is 3. The van der Waals surface area contributed by atoms with E-state index in [1.165, 1.54) is 19.3 Å². The zero-order valence-electron chi connectivity index (χ0n) is 14.6. The van der Waals surface area contributed by atoms with Gasteiger partial charge in [-0.3, -0.25) is 9.59 Å². The maximum atomic E-state index is 12.1. The Kier molecular flexibility index (Phi) is 4.81. The van der Waals surface area contributed by atoms with E-state index in [-0.39, 0.29) is 18.4 Å². The third-order valence-electron chi connectivity index (χ3n) is 4.77. The SMILES string of the molecule is O=C(CNC(=O)c1cccc(Cl)c1)Nc1ccc2nc(C3CCC3)[nH]c2c1. The van der Waals surface area contributed by atoms with Crippen molar-refractivity contribution < 1.29 is 9.59 Å². The fourth-order valence-corrected chi connectivity index (χ4v) is 3.27. The molecule has 1 saturated carbocycles. The van der Waals surface area contributed by atoms with Crippen molar-refractivity contribution in [2.45, 2.75) is 25.2 Å². The van der Waals surface area contributed by atoms with Crippen LogP contribution in [0, 0.1) is 0 Å². The first-order chi connectivity index (χ1) is 13.1. The summed E-state index contributed by atoms with van der Waals surface area (Å²) in [4.78, 5) is 32.2. The van der Waals surface area contributed by atoms with Crippen LogP contribution in [0.3, 0.4) is 0 Å². The molecule has 3 aromatic rings. The second-order valence-electron chi connectivity index (χ2n) is 6.72. The first kappa shape index (κ1) is 17.5. The molecule has 2 aromatic carbocycles. The number of nitrogens with zero attached hydrogens (tertiary/aromatic N) is 1. The van der Waals surface area contributed by atoms with Gasteiger partial charge in [-0.25, -0.2) is 4.98 Å². The number of benzene rings is 2. The van der Waals surface area contributed by atoms with Crippen LogP contribution >= 0.6 is 11.6 Å². The summed E-state index contributed by atoms with van der Waals surface area (Å²) in [5.74, 6) is 0.899. The summed E-state index contributed by atoms with van der Waals surface area (Å²) in [7, 11) is 0. The third-order valence-corrected chi connectivity index (χ3v) is 5.01. The Balaban J connectivity index is 1.36. The van der Waals surface area contributed by atoms with Crippen molar-refractivity contribution in [1.29, 1.82) is 0 Å². The summed E-state index contributed by atoms with van der Waals surface area (Å²) in [5, 5.41) is 5.85. The van der Waals surface area contributed by atoms with E-state index in [1.54, 1.807) is 24.3 Å². The second kappa shape index (κ2) is 7.40. The topological polar surface area (TPSA) is 86.9 Å². The molecule has 0 bridgehead atoms. The molecular formula is C20H19ClN4O2. The van der Waals surface area contributed by atoms with Crippen molar-refractivity contribution in [3.63, 3.8) is 0 Å². The lowest BCUT2D eigenvalue weighted by atomic mass is 9.85. The van der Waals surface area contributed by atoms with Crippen molar-refractivity contribution in [1.82, 2.24) is 15.3 Å². The van der Waals surface area contributed by atoms with Crippen molar-refractivity contribution in [2.75, 3.05) is 11.9 Å². The van der Waals surface area contributed by atoms with Crippen LogP contribution < -0.4 is 10.6 Å². The van der Waals surface area contributed by atoms with Crippen LogP contribution in [0.4, 0.5) is 5.69 Å². The van der Waals surface area contributed by atoms with Crippen LogP contribution in [0.5, 0.6) is 0 Å². The van der Waals surface area contributed by atoms with Gasteiger partial charge in [0.15, 0.2) is 0 Å². The Morgan fingerprint density at radius 2 is 2.04 bits per heavy atom. The molecule has 1 aromatic heterocycles. The van der Waals surface area contributed by atoms with Gasteiger partial charge >= 0.3 is 0 Å². The molecule has 7 heteroatoms. The highest BCUT2D eigenvalue weighted by atomic mass is 35.5.